The predicted octanol–water partition coefficient (Wildman–Crippen LogP) is 1.66. The molecule has 26 heavy (non-hydrogen) atoms. The van der Waals surface area contributed by atoms with Gasteiger partial charge in [0.25, 0.3) is 5.69 Å². The van der Waals surface area contributed by atoms with Crippen LogP contribution in [0, 0.1) is 10.1 Å². The first-order valence-corrected chi connectivity index (χ1v) is 9.47. The van der Waals surface area contributed by atoms with Crippen LogP contribution < -0.4 is 10.5 Å². The number of hydrogen-bond acceptors (Lipinski definition) is 7. The van der Waals surface area contributed by atoms with Crippen molar-refractivity contribution in [3.63, 3.8) is 0 Å². The van der Waals surface area contributed by atoms with Crippen LogP contribution >= 0.6 is 0 Å². The lowest BCUT2D eigenvalue weighted by atomic mass is 10.2. The van der Waals surface area contributed by atoms with Gasteiger partial charge in [-0.1, -0.05) is 0 Å². The number of sulfonamides is 1. The van der Waals surface area contributed by atoms with E-state index in [0.29, 0.717) is 19.5 Å². The number of likely N-dealkylation sites (tertiary alicyclic amines) is 1. The van der Waals surface area contributed by atoms with Crippen molar-refractivity contribution >= 4 is 27.5 Å². The number of benzene rings is 1. The number of carbonyl (C=O) groups is 1. The third-order valence-corrected chi connectivity index (χ3v) is 4.60. The summed E-state index contributed by atoms with van der Waals surface area (Å²) in [6, 6.07) is 3.19. The maximum atomic E-state index is 12.1. The van der Waals surface area contributed by atoms with Crippen molar-refractivity contribution in [2.45, 2.75) is 43.7 Å². The van der Waals surface area contributed by atoms with Crippen molar-refractivity contribution in [3.05, 3.63) is 28.3 Å². The van der Waals surface area contributed by atoms with Crippen LogP contribution in [0.15, 0.2) is 23.1 Å². The van der Waals surface area contributed by atoms with Crippen LogP contribution in [0.1, 0.15) is 27.2 Å². The Morgan fingerprint density at radius 1 is 1.42 bits per heavy atom. The van der Waals surface area contributed by atoms with Crippen molar-refractivity contribution in [2.75, 3.05) is 18.4 Å². The Balaban J connectivity index is 2.12. The van der Waals surface area contributed by atoms with E-state index in [2.05, 4.69) is 5.32 Å². The Hall–Kier alpha value is -2.40. The Morgan fingerprint density at radius 2 is 2.08 bits per heavy atom. The average Bonchev–Trinajstić information content (AvgIpc) is 2.93. The predicted molar refractivity (Wildman–Crippen MR) is 94.3 cm³/mol. The molecular formula is C15H22N4O6S. The van der Waals surface area contributed by atoms with Crippen LogP contribution in [-0.4, -0.2) is 49.1 Å². The summed E-state index contributed by atoms with van der Waals surface area (Å²) < 4.78 is 28.1. The smallest absolute Gasteiger partial charge is 0.410 e. The van der Waals surface area contributed by atoms with Crippen molar-refractivity contribution in [1.29, 1.82) is 0 Å². The van der Waals surface area contributed by atoms with Crippen LogP contribution in [0.4, 0.5) is 16.2 Å². The van der Waals surface area contributed by atoms with Gasteiger partial charge in [0, 0.05) is 25.2 Å². The summed E-state index contributed by atoms with van der Waals surface area (Å²) >= 11 is 0. The molecule has 144 valence electrons. The second-order valence-electron chi connectivity index (χ2n) is 7.04. The van der Waals surface area contributed by atoms with Crippen LogP contribution in [-0.2, 0) is 14.8 Å². The zero-order valence-corrected chi connectivity index (χ0v) is 15.6. The second-order valence-corrected chi connectivity index (χ2v) is 8.60. The molecule has 10 nitrogen and oxygen atoms in total. The van der Waals surface area contributed by atoms with Crippen LogP contribution in [0.3, 0.4) is 0 Å². The average molecular weight is 386 g/mol. The Kier molecular flexibility index (Phi) is 5.42. The third-order valence-electron chi connectivity index (χ3n) is 3.69. The van der Waals surface area contributed by atoms with Gasteiger partial charge < -0.3 is 15.0 Å². The molecule has 3 N–H and O–H groups in total. The number of nitrogens with two attached hydrogens (primary N) is 1. The van der Waals surface area contributed by atoms with Crippen molar-refractivity contribution in [2.24, 2.45) is 5.14 Å². The monoisotopic (exact) mass is 386 g/mol. The zero-order chi connectivity index (χ0) is 19.7. The number of anilines is 1. The molecule has 1 aliphatic rings. The van der Waals surface area contributed by atoms with Gasteiger partial charge in [0.1, 0.15) is 11.3 Å². The topological polar surface area (TPSA) is 145 Å². The number of carbonyl (C=O) groups excluding carboxylic acids is 1. The molecule has 1 aromatic carbocycles. The highest BCUT2D eigenvalue weighted by molar-refractivity contribution is 7.89. The molecule has 0 saturated carbocycles. The molecule has 1 aliphatic heterocycles. The SMILES string of the molecule is CC(C)(C)OC(=O)N1CC[C@H](Nc2ccc(S(N)(=O)=O)cc2[N+](=O)[O-])C1. The van der Waals surface area contributed by atoms with Gasteiger partial charge in [0.2, 0.25) is 10.0 Å². The normalized spacial score (nSPS) is 17.8. The first-order chi connectivity index (χ1) is 11.9. The summed E-state index contributed by atoms with van der Waals surface area (Å²) in [6.45, 7) is 6.09. The van der Waals surface area contributed by atoms with E-state index in [1.807, 2.05) is 0 Å². The van der Waals surface area contributed by atoms with Crippen LogP contribution in [0.2, 0.25) is 0 Å². The number of amides is 1. The minimum absolute atomic E-state index is 0.165. The van der Waals surface area contributed by atoms with E-state index in [9.17, 15) is 23.3 Å². The highest BCUT2D eigenvalue weighted by Crippen LogP contribution is 2.29. The zero-order valence-electron chi connectivity index (χ0n) is 14.8. The summed E-state index contributed by atoms with van der Waals surface area (Å²) in [6.07, 6.45) is 0.133. The van der Waals surface area contributed by atoms with Crippen LogP contribution in [0.25, 0.3) is 0 Å². The fraction of sp³-hybridized carbons (Fsp3) is 0.533. The molecule has 0 aromatic heterocycles. The van der Waals surface area contributed by atoms with Crippen molar-refractivity contribution < 1.29 is 22.9 Å². The number of hydrogen-bond donors (Lipinski definition) is 2. The fourth-order valence-corrected chi connectivity index (χ4v) is 3.09. The van der Waals surface area contributed by atoms with E-state index >= 15 is 0 Å². The maximum absolute atomic E-state index is 12.1. The van der Waals surface area contributed by atoms with Gasteiger partial charge in [-0.05, 0) is 39.3 Å². The summed E-state index contributed by atoms with van der Waals surface area (Å²) in [5, 5.41) is 19.3. The number of nitrogens with one attached hydrogen (secondary N) is 1. The van der Waals surface area contributed by atoms with E-state index < -0.39 is 32.3 Å². The molecule has 2 rings (SSSR count). The maximum Gasteiger partial charge on any atom is 0.410 e. The summed E-state index contributed by atoms with van der Waals surface area (Å²) in [4.78, 5) is 23.8. The molecule has 0 spiro atoms. The van der Waals surface area contributed by atoms with E-state index in [1.54, 1.807) is 20.8 Å². The van der Waals surface area contributed by atoms with Crippen molar-refractivity contribution in [3.8, 4) is 0 Å². The lowest BCUT2D eigenvalue weighted by molar-refractivity contribution is -0.384. The number of nitrogens with zero attached hydrogens (tertiary/aromatic N) is 2. The van der Waals surface area contributed by atoms with Crippen LogP contribution in [0.5, 0.6) is 0 Å². The Labute approximate surface area is 151 Å². The van der Waals surface area contributed by atoms with Gasteiger partial charge in [0.15, 0.2) is 0 Å². The molecule has 0 bridgehead atoms. The molecule has 1 atom stereocenters. The Morgan fingerprint density at radius 3 is 2.62 bits per heavy atom. The molecule has 1 aromatic rings. The molecule has 0 aliphatic carbocycles. The number of rotatable bonds is 4. The van der Waals surface area contributed by atoms with E-state index in [0.717, 1.165) is 6.07 Å². The molecule has 1 saturated heterocycles. The lowest BCUT2D eigenvalue weighted by Crippen LogP contribution is -2.36. The standard InChI is InChI=1S/C15H22N4O6S/c1-15(2,3)25-14(20)18-7-6-10(9-18)17-12-5-4-11(26(16,23)24)8-13(12)19(21)22/h4-5,8,10,17H,6-7,9H2,1-3H3,(H2,16,23,24)/t10-/m0/s1. The molecule has 1 heterocycles. The lowest BCUT2D eigenvalue weighted by Gasteiger charge is -2.24. The first kappa shape index (κ1) is 19.9. The number of primary sulfonamides is 1. The van der Waals surface area contributed by atoms with E-state index in [-0.39, 0.29) is 16.6 Å². The van der Waals surface area contributed by atoms with E-state index in [1.165, 1.54) is 17.0 Å². The van der Waals surface area contributed by atoms with Gasteiger partial charge in [-0.15, -0.1) is 0 Å². The summed E-state index contributed by atoms with van der Waals surface area (Å²) in [5.74, 6) is 0. The number of nitro benzene ring substituents is 1. The minimum atomic E-state index is -4.04. The second kappa shape index (κ2) is 7.08. The van der Waals surface area contributed by atoms with Gasteiger partial charge in [0.05, 0.1) is 9.82 Å². The largest absolute Gasteiger partial charge is 0.444 e. The molecule has 0 radical (unpaired) electrons. The highest BCUT2D eigenvalue weighted by atomic mass is 32.2. The molecule has 0 unspecified atom stereocenters. The molecule has 1 fully saturated rings. The summed E-state index contributed by atoms with van der Waals surface area (Å²) in [5.41, 5.74) is -0.837. The Bertz CT molecular complexity index is 818. The molecular weight excluding hydrogens is 364 g/mol. The highest BCUT2D eigenvalue weighted by Gasteiger charge is 2.31. The number of nitro groups is 1. The van der Waals surface area contributed by atoms with Crippen molar-refractivity contribution in [1.82, 2.24) is 4.90 Å². The molecule has 1 amide bonds. The minimum Gasteiger partial charge on any atom is -0.444 e. The van der Waals surface area contributed by atoms with Gasteiger partial charge in [-0.25, -0.2) is 18.4 Å². The van der Waals surface area contributed by atoms with Gasteiger partial charge in [-0.2, -0.15) is 0 Å². The quantitative estimate of drug-likeness (QED) is 0.591. The summed E-state index contributed by atoms with van der Waals surface area (Å²) in [7, 11) is -4.04. The fourth-order valence-electron chi connectivity index (χ4n) is 2.55. The number of ether oxygens (including phenoxy) is 1. The van der Waals surface area contributed by atoms with Gasteiger partial charge in [-0.3, -0.25) is 10.1 Å². The van der Waals surface area contributed by atoms with E-state index in [4.69, 9.17) is 9.88 Å². The first-order valence-electron chi connectivity index (χ1n) is 7.92. The third kappa shape index (κ3) is 5.05. The van der Waals surface area contributed by atoms with Gasteiger partial charge >= 0.3 is 6.09 Å². The molecule has 11 heteroatoms.